The average molecular weight is 440 g/mol. The van der Waals surface area contributed by atoms with E-state index in [1.807, 2.05) is 44.2 Å². The summed E-state index contributed by atoms with van der Waals surface area (Å²) in [5, 5.41) is 8.94. The van der Waals surface area contributed by atoms with Crippen molar-refractivity contribution < 1.29 is 33.0 Å². The van der Waals surface area contributed by atoms with Crippen LogP contribution in [-0.4, -0.2) is 23.0 Å². The van der Waals surface area contributed by atoms with Crippen molar-refractivity contribution >= 4 is 11.9 Å². The number of carboxylic acid groups (broad SMARTS) is 1. The van der Waals surface area contributed by atoms with Gasteiger partial charge in [0.1, 0.15) is 11.4 Å². The van der Waals surface area contributed by atoms with Crippen LogP contribution < -0.4 is 4.74 Å². The lowest BCUT2D eigenvalue weighted by molar-refractivity contribution is -0.183. The minimum atomic E-state index is -4.31. The first-order chi connectivity index (χ1) is 15.1. The Morgan fingerprint density at radius 3 is 1.91 bits per heavy atom. The highest BCUT2D eigenvalue weighted by Crippen LogP contribution is 2.36. The van der Waals surface area contributed by atoms with Crippen molar-refractivity contribution in [3.8, 4) is 5.75 Å². The number of carbonyl (C=O) groups is 2. The molecule has 0 aliphatic carbocycles. The molecule has 0 saturated carbocycles. The third-order valence-corrected chi connectivity index (χ3v) is 4.87. The summed E-state index contributed by atoms with van der Waals surface area (Å²) in [4.78, 5) is 23.6. The number of hydrogen-bond donors (Lipinski definition) is 1. The third kappa shape index (κ3) is 5.11. The summed E-state index contributed by atoms with van der Waals surface area (Å²) >= 11 is 0. The van der Waals surface area contributed by atoms with E-state index in [0.29, 0.717) is 5.75 Å². The maximum absolute atomic E-state index is 14.3. The molecule has 166 valence electrons. The van der Waals surface area contributed by atoms with Crippen LogP contribution in [0.4, 0.5) is 8.78 Å². The van der Waals surface area contributed by atoms with Crippen molar-refractivity contribution in [2.75, 3.05) is 0 Å². The van der Waals surface area contributed by atoms with Crippen LogP contribution in [0.2, 0.25) is 0 Å². The Morgan fingerprint density at radius 2 is 1.38 bits per heavy atom. The molecule has 0 aromatic heterocycles. The second-order valence-corrected chi connectivity index (χ2v) is 7.63. The van der Waals surface area contributed by atoms with Crippen molar-refractivity contribution in [3.63, 3.8) is 0 Å². The first-order valence-electron chi connectivity index (χ1n) is 9.83. The highest BCUT2D eigenvalue weighted by molar-refractivity contribution is 5.90. The molecule has 1 atom stereocenters. The van der Waals surface area contributed by atoms with E-state index < -0.39 is 29.6 Å². The number of rotatable bonds is 8. The lowest BCUT2D eigenvalue weighted by atomic mass is 9.98. The number of carbonyl (C=O) groups excluding carboxylic acids is 1. The molecule has 0 spiro atoms. The lowest BCUT2D eigenvalue weighted by Crippen LogP contribution is -2.38. The SMILES string of the molecule is CC(C)(Oc1ccc(C(=O)OC(c2ccccc2)C(F)(F)C(=O)O)cc1)c1ccccc1. The van der Waals surface area contributed by atoms with Crippen LogP contribution in [0.1, 0.15) is 41.4 Å². The number of esters is 1. The van der Waals surface area contributed by atoms with Gasteiger partial charge in [-0.15, -0.1) is 0 Å². The molecule has 0 aliphatic rings. The third-order valence-electron chi connectivity index (χ3n) is 4.87. The zero-order valence-corrected chi connectivity index (χ0v) is 17.5. The summed E-state index contributed by atoms with van der Waals surface area (Å²) in [5.74, 6) is -7.30. The maximum Gasteiger partial charge on any atom is 0.382 e. The predicted octanol–water partition coefficient (Wildman–Crippen LogP) is 5.62. The van der Waals surface area contributed by atoms with Crippen LogP contribution in [0.3, 0.4) is 0 Å². The van der Waals surface area contributed by atoms with Crippen LogP contribution in [0.5, 0.6) is 5.75 Å². The van der Waals surface area contributed by atoms with E-state index in [-0.39, 0.29) is 11.1 Å². The summed E-state index contributed by atoms with van der Waals surface area (Å²) in [6.45, 7) is 3.78. The van der Waals surface area contributed by atoms with Crippen molar-refractivity contribution in [2.24, 2.45) is 0 Å². The Morgan fingerprint density at radius 1 is 0.844 bits per heavy atom. The Kier molecular flexibility index (Phi) is 6.58. The molecule has 1 N–H and O–H groups in total. The first-order valence-corrected chi connectivity index (χ1v) is 9.83. The maximum atomic E-state index is 14.3. The van der Waals surface area contributed by atoms with Crippen LogP contribution in [-0.2, 0) is 15.1 Å². The molecule has 0 fully saturated rings. The van der Waals surface area contributed by atoms with Crippen LogP contribution in [0.15, 0.2) is 84.9 Å². The fraction of sp³-hybridized carbons (Fsp3) is 0.200. The van der Waals surface area contributed by atoms with Gasteiger partial charge in [0.25, 0.3) is 0 Å². The molecule has 0 amide bonds. The molecule has 1 unspecified atom stereocenters. The molecule has 0 bridgehead atoms. The highest BCUT2D eigenvalue weighted by Gasteiger charge is 2.51. The second-order valence-electron chi connectivity index (χ2n) is 7.63. The van der Waals surface area contributed by atoms with Gasteiger partial charge in [-0.05, 0) is 49.2 Å². The zero-order chi connectivity index (χ0) is 23.4. The zero-order valence-electron chi connectivity index (χ0n) is 17.5. The molecule has 3 aromatic carbocycles. The van der Waals surface area contributed by atoms with E-state index in [9.17, 15) is 18.4 Å². The van der Waals surface area contributed by atoms with Gasteiger partial charge in [0, 0.05) is 0 Å². The number of ether oxygens (including phenoxy) is 2. The number of carboxylic acids is 1. The number of aliphatic carboxylic acids is 1. The van der Waals surface area contributed by atoms with Crippen molar-refractivity contribution in [3.05, 3.63) is 102 Å². The van der Waals surface area contributed by atoms with Gasteiger partial charge in [0.05, 0.1) is 5.56 Å². The monoisotopic (exact) mass is 440 g/mol. The van der Waals surface area contributed by atoms with Gasteiger partial charge in [0.2, 0.25) is 6.10 Å². The van der Waals surface area contributed by atoms with Gasteiger partial charge in [-0.3, -0.25) is 0 Å². The van der Waals surface area contributed by atoms with Gasteiger partial charge in [0.15, 0.2) is 0 Å². The standard InChI is InChI=1S/C25H22F2O5/c1-24(2,19-11-7-4-8-12-19)32-20-15-13-18(14-16-20)22(28)31-21(25(26,27)23(29)30)17-9-5-3-6-10-17/h3-16,21H,1-2H3,(H,29,30). The van der Waals surface area contributed by atoms with E-state index in [2.05, 4.69) is 0 Å². The Labute approximate surface area is 184 Å². The summed E-state index contributed by atoms with van der Waals surface area (Å²) in [7, 11) is 0. The topological polar surface area (TPSA) is 72.8 Å². The molecule has 0 radical (unpaired) electrons. The second kappa shape index (κ2) is 9.18. The number of benzene rings is 3. The molecule has 0 heterocycles. The van der Waals surface area contributed by atoms with E-state index in [1.165, 1.54) is 48.5 Å². The van der Waals surface area contributed by atoms with Gasteiger partial charge in [-0.1, -0.05) is 60.7 Å². The molecular formula is C25H22F2O5. The highest BCUT2D eigenvalue weighted by atomic mass is 19.3. The summed E-state index contributed by atoms with van der Waals surface area (Å²) in [6, 6.07) is 22.4. The molecule has 3 rings (SSSR count). The van der Waals surface area contributed by atoms with Gasteiger partial charge in [-0.25, -0.2) is 9.59 Å². The van der Waals surface area contributed by atoms with Crippen LogP contribution in [0, 0.1) is 0 Å². The predicted molar refractivity (Wildman–Crippen MR) is 114 cm³/mol. The molecule has 32 heavy (non-hydrogen) atoms. The summed E-state index contributed by atoms with van der Waals surface area (Å²) in [6.07, 6.45) is -2.28. The molecular weight excluding hydrogens is 418 g/mol. The smallest absolute Gasteiger partial charge is 0.382 e. The molecule has 0 aliphatic heterocycles. The fourth-order valence-electron chi connectivity index (χ4n) is 3.12. The largest absolute Gasteiger partial charge is 0.483 e. The Hall–Kier alpha value is -3.74. The van der Waals surface area contributed by atoms with Crippen LogP contribution in [0.25, 0.3) is 0 Å². The van der Waals surface area contributed by atoms with Gasteiger partial charge < -0.3 is 14.6 Å². The lowest BCUT2D eigenvalue weighted by Gasteiger charge is -2.27. The van der Waals surface area contributed by atoms with Crippen LogP contribution >= 0.6 is 0 Å². The first kappa shape index (κ1) is 22.9. The molecule has 0 saturated heterocycles. The fourth-order valence-corrected chi connectivity index (χ4v) is 3.12. The number of halogens is 2. The summed E-state index contributed by atoms with van der Waals surface area (Å²) < 4.78 is 39.5. The van der Waals surface area contributed by atoms with E-state index in [4.69, 9.17) is 14.6 Å². The Bertz CT molecular complexity index is 1060. The number of hydrogen-bond acceptors (Lipinski definition) is 4. The molecule has 7 heteroatoms. The van der Waals surface area contributed by atoms with E-state index in [0.717, 1.165) is 5.56 Å². The van der Waals surface area contributed by atoms with Crippen molar-refractivity contribution in [1.29, 1.82) is 0 Å². The minimum absolute atomic E-state index is 0.0167. The average Bonchev–Trinajstić information content (AvgIpc) is 2.78. The van der Waals surface area contributed by atoms with Crippen molar-refractivity contribution in [1.82, 2.24) is 0 Å². The normalized spacial score (nSPS) is 12.6. The molecule has 3 aromatic rings. The number of alkyl halides is 2. The van der Waals surface area contributed by atoms with Crippen molar-refractivity contribution in [2.45, 2.75) is 31.5 Å². The quantitative estimate of drug-likeness (QED) is 0.461. The van der Waals surface area contributed by atoms with E-state index >= 15 is 0 Å². The minimum Gasteiger partial charge on any atom is -0.483 e. The Balaban J connectivity index is 1.78. The van der Waals surface area contributed by atoms with Gasteiger partial charge >= 0.3 is 17.9 Å². The summed E-state index contributed by atoms with van der Waals surface area (Å²) in [5.41, 5.74) is 0.158. The van der Waals surface area contributed by atoms with Gasteiger partial charge in [-0.2, -0.15) is 8.78 Å². The molecule has 5 nitrogen and oxygen atoms in total. The van der Waals surface area contributed by atoms with E-state index in [1.54, 1.807) is 6.07 Å².